The van der Waals surface area contributed by atoms with Crippen molar-refractivity contribution in [1.82, 2.24) is 14.7 Å². The number of carbonyl (C=O) groups is 1. The van der Waals surface area contributed by atoms with E-state index < -0.39 is 11.2 Å². The van der Waals surface area contributed by atoms with Gasteiger partial charge in [0, 0.05) is 36.7 Å². The molecule has 1 aromatic heterocycles. The number of hydrogen-bond donors (Lipinski definition) is 1. The van der Waals surface area contributed by atoms with E-state index in [0.717, 1.165) is 18.4 Å². The molecule has 6 nitrogen and oxygen atoms in total. The molecular formula is C19H31N3O3. The van der Waals surface area contributed by atoms with Gasteiger partial charge in [0.1, 0.15) is 5.60 Å². The predicted molar refractivity (Wildman–Crippen MR) is 95.2 cm³/mol. The number of nitrogens with zero attached hydrogens (tertiary/aromatic N) is 3. The molecule has 2 fully saturated rings. The van der Waals surface area contributed by atoms with Gasteiger partial charge in [-0.15, -0.1) is 0 Å². The van der Waals surface area contributed by atoms with E-state index in [-0.39, 0.29) is 23.7 Å². The number of aliphatic hydroxyl groups is 1. The second-order valence-electron chi connectivity index (χ2n) is 9.56. The average Bonchev–Trinajstić information content (AvgIpc) is 3.01. The lowest BCUT2D eigenvalue weighted by Crippen LogP contribution is -2.53. The third kappa shape index (κ3) is 3.54. The van der Waals surface area contributed by atoms with Gasteiger partial charge in [0.15, 0.2) is 0 Å². The summed E-state index contributed by atoms with van der Waals surface area (Å²) in [5.74, 6) is 0. The highest BCUT2D eigenvalue weighted by molar-refractivity contribution is 5.69. The van der Waals surface area contributed by atoms with Gasteiger partial charge < -0.3 is 14.7 Å². The SMILES string of the molecule is CC(C)(C)OC(=O)N1C2CCC1CC(O)(c1cnn(C(C)(C)C)c1)C2. The van der Waals surface area contributed by atoms with Crippen LogP contribution < -0.4 is 0 Å². The monoisotopic (exact) mass is 349 g/mol. The minimum Gasteiger partial charge on any atom is -0.444 e. The number of carbonyl (C=O) groups excluding carboxylic acids is 1. The molecule has 1 amide bonds. The molecule has 0 aliphatic carbocycles. The van der Waals surface area contributed by atoms with Gasteiger partial charge in [0.2, 0.25) is 0 Å². The van der Waals surface area contributed by atoms with Crippen molar-refractivity contribution in [2.24, 2.45) is 0 Å². The van der Waals surface area contributed by atoms with Gasteiger partial charge >= 0.3 is 6.09 Å². The minimum absolute atomic E-state index is 0.0246. The summed E-state index contributed by atoms with van der Waals surface area (Å²) in [4.78, 5) is 14.4. The van der Waals surface area contributed by atoms with E-state index in [2.05, 4.69) is 25.9 Å². The van der Waals surface area contributed by atoms with Crippen molar-refractivity contribution >= 4 is 6.09 Å². The second-order valence-corrected chi connectivity index (χ2v) is 9.56. The van der Waals surface area contributed by atoms with E-state index in [9.17, 15) is 9.90 Å². The van der Waals surface area contributed by atoms with Crippen LogP contribution >= 0.6 is 0 Å². The van der Waals surface area contributed by atoms with Crippen LogP contribution in [0.15, 0.2) is 12.4 Å². The van der Waals surface area contributed by atoms with Gasteiger partial charge in [0.05, 0.1) is 17.3 Å². The highest BCUT2D eigenvalue weighted by Crippen LogP contribution is 2.46. The van der Waals surface area contributed by atoms with Crippen molar-refractivity contribution in [3.63, 3.8) is 0 Å². The summed E-state index contributed by atoms with van der Waals surface area (Å²) >= 11 is 0. The Kier molecular flexibility index (Phi) is 4.18. The van der Waals surface area contributed by atoms with Crippen molar-refractivity contribution in [1.29, 1.82) is 0 Å². The first-order chi connectivity index (χ1) is 11.4. The van der Waals surface area contributed by atoms with E-state index in [4.69, 9.17) is 4.74 Å². The van der Waals surface area contributed by atoms with Gasteiger partial charge in [-0.05, 0) is 54.4 Å². The van der Waals surface area contributed by atoms with E-state index in [0.29, 0.717) is 12.8 Å². The standard InChI is InChI=1S/C19H31N3O3/c1-17(2,3)21-12-13(11-20-21)19(24)9-14-7-8-15(10-19)22(14)16(23)25-18(4,5)6/h11-12,14-15,24H,7-10H2,1-6H3. The highest BCUT2D eigenvalue weighted by atomic mass is 16.6. The van der Waals surface area contributed by atoms with Gasteiger partial charge in [-0.3, -0.25) is 4.68 Å². The molecule has 2 aliphatic heterocycles. The molecule has 2 bridgehead atoms. The molecule has 2 saturated heterocycles. The molecule has 1 N–H and O–H groups in total. The molecule has 6 heteroatoms. The van der Waals surface area contributed by atoms with Crippen molar-refractivity contribution in [2.75, 3.05) is 0 Å². The third-order valence-corrected chi connectivity index (χ3v) is 5.18. The van der Waals surface area contributed by atoms with Crippen LogP contribution in [0.4, 0.5) is 4.79 Å². The predicted octanol–water partition coefficient (Wildman–Crippen LogP) is 3.39. The number of aromatic nitrogens is 2. The molecule has 2 unspecified atom stereocenters. The van der Waals surface area contributed by atoms with Crippen molar-refractivity contribution in [3.8, 4) is 0 Å². The molecule has 0 spiro atoms. The Hall–Kier alpha value is -1.56. The maximum Gasteiger partial charge on any atom is 0.410 e. The Morgan fingerprint density at radius 2 is 1.76 bits per heavy atom. The first kappa shape index (κ1) is 18.2. The molecule has 2 aliphatic rings. The smallest absolute Gasteiger partial charge is 0.410 e. The molecule has 0 aromatic carbocycles. The Labute approximate surface area is 150 Å². The summed E-state index contributed by atoms with van der Waals surface area (Å²) in [6.07, 6.45) is 6.37. The molecule has 25 heavy (non-hydrogen) atoms. The summed E-state index contributed by atoms with van der Waals surface area (Å²) < 4.78 is 7.46. The molecule has 3 heterocycles. The molecule has 3 rings (SSSR count). The highest BCUT2D eigenvalue weighted by Gasteiger charge is 2.51. The van der Waals surface area contributed by atoms with E-state index in [1.807, 2.05) is 36.5 Å². The van der Waals surface area contributed by atoms with E-state index in [1.165, 1.54) is 0 Å². The van der Waals surface area contributed by atoms with Crippen molar-refractivity contribution in [3.05, 3.63) is 18.0 Å². The number of fused-ring (bicyclic) bond motifs is 2. The lowest BCUT2D eigenvalue weighted by molar-refractivity contribution is -0.0625. The van der Waals surface area contributed by atoms with Crippen LogP contribution in [0.25, 0.3) is 0 Å². The van der Waals surface area contributed by atoms with Gasteiger partial charge in [-0.2, -0.15) is 5.10 Å². The van der Waals surface area contributed by atoms with Crippen LogP contribution in [0.3, 0.4) is 0 Å². The fourth-order valence-electron chi connectivity index (χ4n) is 4.00. The van der Waals surface area contributed by atoms with E-state index >= 15 is 0 Å². The van der Waals surface area contributed by atoms with Crippen molar-refractivity contribution in [2.45, 2.75) is 96.1 Å². The Morgan fingerprint density at radius 1 is 1.20 bits per heavy atom. The van der Waals surface area contributed by atoms with Gasteiger partial charge in [-0.25, -0.2) is 4.79 Å². The third-order valence-electron chi connectivity index (χ3n) is 5.18. The van der Waals surface area contributed by atoms with Gasteiger partial charge in [-0.1, -0.05) is 0 Å². The zero-order valence-corrected chi connectivity index (χ0v) is 16.2. The number of rotatable bonds is 1. The molecular weight excluding hydrogens is 318 g/mol. The summed E-state index contributed by atoms with van der Waals surface area (Å²) in [6.45, 7) is 11.9. The molecule has 1 aromatic rings. The normalized spacial score (nSPS) is 29.8. The first-order valence-electron chi connectivity index (χ1n) is 9.18. The first-order valence-corrected chi connectivity index (χ1v) is 9.18. The van der Waals surface area contributed by atoms with Crippen LogP contribution in [0.5, 0.6) is 0 Å². The molecule has 0 radical (unpaired) electrons. The fourth-order valence-corrected chi connectivity index (χ4v) is 4.00. The zero-order valence-electron chi connectivity index (χ0n) is 16.2. The largest absolute Gasteiger partial charge is 0.444 e. The number of amides is 1. The fraction of sp³-hybridized carbons (Fsp3) is 0.789. The number of hydrogen-bond acceptors (Lipinski definition) is 4. The second kappa shape index (κ2) is 5.73. The van der Waals surface area contributed by atoms with Gasteiger partial charge in [0.25, 0.3) is 0 Å². The maximum absolute atomic E-state index is 12.6. The number of piperidine rings is 1. The summed E-state index contributed by atoms with van der Waals surface area (Å²) in [6, 6.07) is 0.0492. The Balaban J connectivity index is 1.79. The summed E-state index contributed by atoms with van der Waals surface area (Å²) in [5.41, 5.74) is -0.695. The Bertz CT molecular complexity index is 640. The summed E-state index contributed by atoms with van der Waals surface area (Å²) in [7, 11) is 0. The minimum atomic E-state index is -0.923. The quantitative estimate of drug-likeness (QED) is 0.844. The Morgan fingerprint density at radius 3 is 2.20 bits per heavy atom. The molecule has 0 saturated carbocycles. The van der Waals surface area contributed by atoms with E-state index in [1.54, 1.807) is 6.20 Å². The van der Waals surface area contributed by atoms with Crippen LogP contribution in [0.2, 0.25) is 0 Å². The lowest BCUT2D eigenvalue weighted by Gasteiger charge is -2.43. The summed E-state index contributed by atoms with van der Waals surface area (Å²) in [5, 5.41) is 15.7. The van der Waals surface area contributed by atoms with Crippen LogP contribution in [-0.2, 0) is 15.9 Å². The molecule has 2 atom stereocenters. The maximum atomic E-state index is 12.6. The number of ether oxygens (including phenoxy) is 1. The zero-order chi connectivity index (χ0) is 18.6. The topological polar surface area (TPSA) is 67.6 Å². The van der Waals surface area contributed by atoms with Crippen LogP contribution in [0.1, 0.15) is 72.8 Å². The van der Waals surface area contributed by atoms with Crippen LogP contribution in [0, 0.1) is 0 Å². The van der Waals surface area contributed by atoms with Crippen molar-refractivity contribution < 1.29 is 14.6 Å². The van der Waals surface area contributed by atoms with Crippen LogP contribution in [-0.4, -0.2) is 43.6 Å². The lowest BCUT2D eigenvalue weighted by atomic mass is 9.82. The molecule has 140 valence electrons. The average molecular weight is 349 g/mol.